The van der Waals surface area contributed by atoms with Gasteiger partial charge in [-0.05, 0) is 17.9 Å². The Balaban J connectivity index is 2.48. The third-order valence-corrected chi connectivity index (χ3v) is 4.44. The van der Waals surface area contributed by atoms with Crippen molar-refractivity contribution in [3.05, 3.63) is 35.9 Å². The summed E-state index contributed by atoms with van der Waals surface area (Å²) in [7, 11) is 0. The smallest absolute Gasteiger partial charge is 0.334 e. The first kappa shape index (κ1) is 14.9. The maximum Gasteiger partial charge on any atom is 0.334 e. The second-order valence-electron chi connectivity index (χ2n) is 5.11. The third kappa shape index (κ3) is 2.29. The molecule has 5 heteroatoms. The van der Waals surface area contributed by atoms with Gasteiger partial charge in [0.25, 0.3) is 0 Å². The standard InChI is InChI=1S/C15H18ClNO3/c1-2-15(14(19)20,12-6-4-3-5-7-12)17-10-11(9-16)8-13(17)18/h3-7,11H,2,8-10H2,1H3,(H,19,20). The van der Waals surface area contributed by atoms with Crippen LogP contribution in [0, 0.1) is 5.92 Å². The maximum atomic E-state index is 12.2. The van der Waals surface area contributed by atoms with Gasteiger partial charge in [-0.25, -0.2) is 4.79 Å². The van der Waals surface area contributed by atoms with Gasteiger partial charge in [-0.1, -0.05) is 37.3 Å². The van der Waals surface area contributed by atoms with Crippen LogP contribution >= 0.6 is 11.6 Å². The van der Waals surface area contributed by atoms with Gasteiger partial charge in [0.2, 0.25) is 5.91 Å². The molecule has 1 amide bonds. The molecular weight excluding hydrogens is 278 g/mol. The average Bonchev–Trinajstić information content (AvgIpc) is 2.83. The first-order valence-corrected chi connectivity index (χ1v) is 7.25. The molecule has 2 rings (SSSR count). The molecule has 0 aliphatic carbocycles. The van der Waals surface area contributed by atoms with E-state index < -0.39 is 11.5 Å². The Morgan fingerprint density at radius 3 is 2.55 bits per heavy atom. The van der Waals surface area contributed by atoms with Gasteiger partial charge in [-0.15, -0.1) is 11.6 Å². The topological polar surface area (TPSA) is 57.6 Å². The lowest BCUT2D eigenvalue weighted by molar-refractivity contribution is -0.158. The molecule has 1 aliphatic heterocycles. The summed E-state index contributed by atoms with van der Waals surface area (Å²) in [5.41, 5.74) is -0.655. The zero-order valence-corrected chi connectivity index (χ0v) is 12.1. The summed E-state index contributed by atoms with van der Waals surface area (Å²) in [5, 5.41) is 9.79. The number of nitrogens with zero attached hydrogens (tertiary/aromatic N) is 1. The number of rotatable bonds is 5. The number of halogens is 1. The third-order valence-electron chi connectivity index (χ3n) is 4.00. The van der Waals surface area contributed by atoms with Crippen molar-refractivity contribution in [1.82, 2.24) is 4.90 Å². The zero-order chi connectivity index (χ0) is 14.8. The van der Waals surface area contributed by atoms with Crippen molar-refractivity contribution in [2.45, 2.75) is 25.3 Å². The fraction of sp³-hybridized carbons (Fsp3) is 0.467. The summed E-state index contributed by atoms with van der Waals surface area (Å²) in [5.74, 6) is -0.729. The highest BCUT2D eigenvalue weighted by Crippen LogP contribution is 2.37. The van der Waals surface area contributed by atoms with Crippen LogP contribution in [-0.2, 0) is 15.1 Å². The first-order chi connectivity index (χ1) is 9.56. The predicted molar refractivity (Wildman–Crippen MR) is 76.6 cm³/mol. The van der Waals surface area contributed by atoms with Gasteiger partial charge < -0.3 is 10.0 Å². The van der Waals surface area contributed by atoms with E-state index in [1.165, 1.54) is 4.90 Å². The van der Waals surface area contributed by atoms with Gasteiger partial charge in [-0.2, -0.15) is 0 Å². The van der Waals surface area contributed by atoms with Crippen LogP contribution < -0.4 is 0 Å². The number of amides is 1. The van der Waals surface area contributed by atoms with Crippen molar-refractivity contribution in [3.63, 3.8) is 0 Å². The van der Waals surface area contributed by atoms with Crippen LogP contribution in [-0.4, -0.2) is 34.3 Å². The monoisotopic (exact) mass is 295 g/mol. The predicted octanol–water partition coefficient (Wildman–Crippen LogP) is 2.46. The SMILES string of the molecule is CCC(C(=O)O)(c1ccccc1)N1CC(CCl)CC1=O. The molecule has 1 heterocycles. The van der Waals surface area contributed by atoms with Gasteiger partial charge >= 0.3 is 5.97 Å². The maximum absolute atomic E-state index is 12.2. The van der Waals surface area contributed by atoms with E-state index in [1.807, 2.05) is 6.07 Å². The zero-order valence-electron chi connectivity index (χ0n) is 11.4. The number of hydrogen-bond acceptors (Lipinski definition) is 2. The number of aliphatic carboxylic acids is 1. The fourth-order valence-electron chi connectivity index (χ4n) is 2.91. The van der Waals surface area contributed by atoms with Crippen LogP contribution in [0.25, 0.3) is 0 Å². The van der Waals surface area contributed by atoms with Crippen molar-refractivity contribution >= 4 is 23.5 Å². The highest BCUT2D eigenvalue weighted by Gasteiger charge is 2.50. The van der Waals surface area contributed by atoms with Crippen molar-refractivity contribution in [2.75, 3.05) is 12.4 Å². The molecule has 0 bridgehead atoms. The minimum absolute atomic E-state index is 0.0261. The molecule has 2 atom stereocenters. The molecule has 1 aromatic carbocycles. The number of carboxylic acid groups (broad SMARTS) is 1. The van der Waals surface area contributed by atoms with Crippen LogP contribution in [0.1, 0.15) is 25.3 Å². The Morgan fingerprint density at radius 2 is 2.10 bits per heavy atom. The molecule has 0 radical (unpaired) electrons. The molecule has 2 unspecified atom stereocenters. The Hall–Kier alpha value is -1.55. The molecule has 4 nitrogen and oxygen atoms in total. The van der Waals surface area contributed by atoms with E-state index in [9.17, 15) is 14.7 Å². The molecule has 1 saturated heterocycles. The lowest BCUT2D eigenvalue weighted by Crippen LogP contribution is -2.52. The van der Waals surface area contributed by atoms with Gasteiger partial charge in [0.15, 0.2) is 5.54 Å². The average molecular weight is 296 g/mol. The van der Waals surface area contributed by atoms with Crippen LogP contribution in [0.4, 0.5) is 0 Å². The second kappa shape index (κ2) is 5.83. The molecule has 1 fully saturated rings. The van der Waals surface area contributed by atoms with E-state index in [4.69, 9.17) is 11.6 Å². The number of likely N-dealkylation sites (tertiary alicyclic amines) is 1. The van der Waals surface area contributed by atoms with Crippen LogP contribution in [0.3, 0.4) is 0 Å². The van der Waals surface area contributed by atoms with Gasteiger partial charge in [-0.3, -0.25) is 4.79 Å². The van der Waals surface area contributed by atoms with Crippen molar-refractivity contribution in [3.8, 4) is 0 Å². The number of carbonyl (C=O) groups is 2. The molecule has 0 saturated carbocycles. The fourth-order valence-corrected chi connectivity index (χ4v) is 3.12. The molecule has 20 heavy (non-hydrogen) atoms. The highest BCUT2D eigenvalue weighted by atomic mass is 35.5. The van der Waals surface area contributed by atoms with Gasteiger partial charge in [0.1, 0.15) is 0 Å². The molecule has 0 spiro atoms. The largest absolute Gasteiger partial charge is 0.479 e. The summed E-state index contributed by atoms with van der Waals surface area (Å²) in [6.45, 7) is 2.19. The van der Waals surface area contributed by atoms with E-state index in [0.717, 1.165) is 0 Å². The minimum Gasteiger partial charge on any atom is -0.479 e. The van der Waals surface area contributed by atoms with E-state index in [1.54, 1.807) is 31.2 Å². The Labute approximate surface area is 123 Å². The second-order valence-corrected chi connectivity index (χ2v) is 5.42. The summed E-state index contributed by atoms with van der Waals surface area (Å²) < 4.78 is 0. The summed E-state index contributed by atoms with van der Waals surface area (Å²) in [6, 6.07) is 8.95. The molecule has 0 aromatic heterocycles. The molecule has 1 N–H and O–H groups in total. The molecule has 1 aliphatic rings. The minimum atomic E-state index is -1.29. The number of benzene rings is 1. The van der Waals surface area contributed by atoms with E-state index >= 15 is 0 Å². The van der Waals surface area contributed by atoms with Gasteiger partial charge in [0, 0.05) is 18.8 Å². The van der Waals surface area contributed by atoms with E-state index in [2.05, 4.69) is 0 Å². The number of hydrogen-bond donors (Lipinski definition) is 1. The molecule has 1 aromatic rings. The summed E-state index contributed by atoms with van der Waals surface area (Å²) >= 11 is 5.83. The lowest BCUT2D eigenvalue weighted by Gasteiger charge is -2.38. The summed E-state index contributed by atoms with van der Waals surface area (Å²) in [6.07, 6.45) is 0.651. The van der Waals surface area contributed by atoms with Crippen molar-refractivity contribution in [2.24, 2.45) is 5.92 Å². The molecular formula is C15H18ClNO3. The Morgan fingerprint density at radius 1 is 1.45 bits per heavy atom. The quantitative estimate of drug-likeness (QED) is 0.849. The summed E-state index contributed by atoms with van der Waals surface area (Å²) in [4.78, 5) is 25.7. The number of carboxylic acids is 1. The lowest BCUT2D eigenvalue weighted by atomic mass is 9.85. The normalized spacial score (nSPS) is 21.8. The van der Waals surface area contributed by atoms with E-state index in [0.29, 0.717) is 30.8 Å². The van der Waals surface area contributed by atoms with Crippen LogP contribution in [0.2, 0.25) is 0 Å². The van der Waals surface area contributed by atoms with Crippen LogP contribution in [0.15, 0.2) is 30.3 Å². The van der Waals surface area contributed by atoms with Crippen molar-refractivity contribution < 1.29 is 14.7 Å². The number of alkyl halides is 1. The molecule has 108 valence electrons. The first-order valence-electron chi connectivity index (χ1n) is 6.71. The number of carbonyl (C=O) groups excluding carboxylic acids is 1. The van der Waals surface area contributed by atoms with Crippen molar-refractivity contribution in [1.29, 1.82) is 0 Å². The van der Waals surface area contributed by atoms with Crippen LogP contribution in [0.5, 0.6) is 0 Å². The van der Waals surface area contributed by atoms with E-state index in [-0.39, 0.29) is 11.8 Å². The highest BCUT2D eigenvalue weighted by molar-refractivity contribution is 6.18. The van der Waals surface area contributed by atoms with Gasteiger partial charge in [0.05, 0.1) is 0 Å². The Bertz CT molecular complexity index is 505. The Kier molecular flexibility index (Phi) is 4.33.